The van der Waals surface area contributed by atoms with Gasteiger partial charge in [-0.25, -0.2) is 4.79 Å². The number of likely N-dealkylation sites (N-methyl/N-ethyl adjacent to an activating group) is 1. The fourth-order valence-corrected chi connectivity index (χ4v) is 0.393. The summed E-state index contributed by atoms with van der Waals surface area (Å²) in [5.41, 5.74) is 0.455. The molecule has 0 atom stereocenters. The molecule has 0 amide bonds. The molecule has 0 radical (unpaired) electrons. The molecule has 0 saturated carbocycles. The second-order valence-corrected chi connectivity index (χ2v) is 2.11. The lowest BCUT2D eigenvalue weighted by molar-refractivity contribution is -0.628. The summed E-state index contributed by atoms with van der Waals surface area (Å²) >= 11 is 0. The maximum Gasteiger partial charge on any atom is 0.333 e. The maximum atomic E-state index is 10.7. The standard InChI is InChI=1S/C7H13NO2.2C2H6/c1-6(2)7(9)10-5-4-8-3;2*1-2/h8H,1,4-5H2,2-3H3;2*1-2H3/p+1. The highest BCUT2D eigenvalue weighted by atomic mass is 16.5. The molecule has 0 aromatic heterocycles. The van der Waals surface area contributed by atoms with Crippen molar-refractivity contribution in [3.8, 4) is 0 Å². The van der Waals surface area contributed by atoms with Gasteiger partial charge < -0.3 is 10.1 Å². The number of ether oxygens (including phenoxy) is 1. The van der Waals surface area contributed by atoms with Gasteiger partial charge in [0.25, 0.3) is 0 Å². The molecular weight excluding hydrogens is 178 g/mol. The lowest BCUT2D eigenvalue weighted by atomic mass is 10.4. The molecule has 0 fully saturated rings. The van der Waals surface area contributed by atoms with Crippen LogP contribution in [0.5, 0.6) is 0 Å². The van der Waals surface area contributed by atoms with E-state index in [1.54, 1.807) is 6.92 Å². The van der Waals surface area contributed by atoms with E-state index >= 15 is 0 Å². The Hall–Kier alpha value is -0.830. The highest BCUT2D eigenvalue weighted by molar-refractivity contribution is 5.86. The van der Waals surface area contributed by atoms with Crippen LogP contribution in [0.15, 0.2) is 12.2 Å². The second-order valence-electron chi connectivity index (χ2n) is 2.11. The first kappa shape index (κ1) is 18.9. The summed E-state index contributed by atoms with van der Waals surface area (Å²) in [5, 5.41) is 1.95. The van der Waals surface area contributed by atoms with Gasteiger partial charge >= 0.3 is 5.97 Å². The highest BCUT2D eigenvalue weighted by Gasteiger charge is 2.01. The number of quaternary nitrogens is 1. The normalized spacial score (nSPS) is 7.29. The van der Waals surface area contributed by atoms with Crippen molar-refractivity contribution in [2.45, 2.75) is 34.6 Å². The Morgan fingerprint density at radius 1 is 1.29 bits per heavy atom. The van der Waals surface area contributed by atoms with Crippen LogP contribution >= 0.6 is 0 Å². The SMILES string of the molecule is C=C(C)C(=O)OCC[NH2+]C.CC.CC. The molecule has 3 nitrogen and oxygen atoms in total. The number of rotatable bonds is 4. The summed E-state index contributed by atoms with van der Waals surface area (Å²) in [6.45, 7) is 14.4. The van der Waals surface area contributed by atoms with Crippen LogP contribution in [0, 0.1) is 0 Å². The Morgan fingerprint density at radius 2 is 1.71 bits per heavy atom. The number of hydrogen-bond acceptors (Lipinski definition) is 2. The van der Waals surface area contributed by atoms with E-state index in [9.17, 15) is 4.79 Å². The Labute approximate surface area is 88.5 Å². The summed E-state index contributed by atoms with van der Waals surface area (Å²) in [4.78, 5) is 10.7. The Bertz CT molecular complexity index is 133. The minimum absolute atomic E-state index is 0.304. The number of carbonyl (C=O) groups excluding carboxylic acids is 1. The predicted molar refractivity (Wildman–Crippen MR) is 61.2 cm³/mol. The van der Waals surface area contributed by atoms with Crippen LogP contribution in [0.3, 0.4) is 0 Å². The average Bonchev–Trinajstić information content (AvgIpc) is 2.24. The van der Waals surface area contributed by atoms with Crippen LogP contribution in [0.4, 0.5) is 0 Å². The fraction of sp³-hybridized carbons (Fsp3) is 0.727. The molecule has 3 heteroatoms. The molecule has 86 valence electrons. The number of nitrogens with two attached hydrogens (primary N) is 1. The Kier molecular flexibility index (Phi) is 24.3. The third-order valence-electron chi connectivity index (χ3n) is 0.988. The minimum atomic E-state index is -0.304. The summed E-state index contributed by atoms with van der Waals surface area (Å²) in [5.74, 6) is -0.304. The van der Waals surface area contributed by atoms with E-state index < -0.39 is 0 Å². The summed E-state index contributed by atoms with van der Waals surface area (Å²) < 4.78 is 4.77. The van der Waals surface area contributed by atoms with Crippen LogP contribution in [0.1, 0.15) is 34.6 Å². The van der Waals surface area contributed by atoms with Crippen LogP contribution < -0.4 is 5.32 Å². The highest BCUT2D eigenvalue weighted by Crippen LogP contribution is 1.89. The van der Waals surface area contributed by atoms with Crippen molar-refractivity contribution in [1.29, 1.82) is 0 Å². The quantitative estimate of drug-likeness (QED) is 0.427. The molecule has 0 saturated heterocycles. The van der Waals surface area contributed by atoms with Gasteiger partial charge in [0.05, 0.1) is 7.05 Å². The predicted octanol–water partition coefficient (Wildman–Crippen LogP) is 1.35. The van der Waals surface area contributed by atoms with Crippen molar-refractivity contribution in [1.82, 2.24) is 0 Å². The van der Waals surface area contributed by atoms with Crippen molar-refractivity contribution in [2.24, 2.45) is 0 Å². The molecule has 0 aliphatic rings. The first-order valence-corrected chi connectivity index (χ1v) is 5.29. The van der Waals surface area contributed by atoms with Crippen LogP contribution in [-0.2, 0) is 9.53 Å². The van der Waals surface area contributed by atoms with E-state index in [1.807, 2.05) is 40.1 Å². The molecule has 0 aromatic carbocycles. The molecule has 0 spiro atoms. The molecule has 0 bridgehead atoms. The van der Waals surface area contributed by atoms with Gasteiger partial charge in [0, 0.05) is 5.57 Å². The molecular formula is C11H26NO2+. The van der Waals surface area contributed by atoms with Crippen LogP contribution in [-0.4, -0.2) is 26.2 Å². The van der Waals surface area contributed by atoms with Crippen molar-refractivity contribution in [3.05, 3.63) is 12.2 Å². The van der Waals surface area contributed by atoms with Gasteiger partial charge in [-0.05, 0) is 6.92 Å². The van der Waals surface area contributed by atoms with Crippen LogP contribution in [0.2, 0.25) is 0 Å². The van der Waals surface area contributed by atoms with E-state index in [2.05, 4.69) is 6.58 Å². The second kappa shape index (κ2) is 18.1. The monoisotopic (exact) mass is 204 g/mol. The van der Waals surface area contributed by atoms with Crippen LogP contribution in [0.25, 0.3) is 0 Å². The molecule has 0 aliphatic heterocycles. The largest absolute Gasteiger partial charge is 0.456 e. The third kappa shape index (κ3) is 17.3. The molecule has 0 rings (SSSR count). The van der Waals surface area contributed by atoms with Gasteiger partial charge in [-0.2, -0.15) is 0 Å². The zero-order chi connectivity index (χ0) is 12.0. The van der Waals surface area contributed by atoms with Gasteiger partial charge in [-0.3, -0.25) is 0 Å². The number of esters is 1. The van der Waals surface area contributed by atoms with Crippen molar-refractivity contribution >= 4 is 5.97 Å². The topological polar surface area (TPSA) is 42.9 Å². The van der Waals surface area contributed by atoms with E-state index in [4.69, 9.17) is 4.74 Å². The van der Waals surface area contributed by atoms with E-state index in [1.165, 1.54) is 0 Å². The third-order valence-corrected chi connectivity index (χ3v) is 0.988. The Morgan fingerprint density at radius 3 is 2.00 bits per heavy atom. The van der Waals surface area contributed by atoms with Gasteiger partial charge in [0.1, 0.15) is 13.2 Å². The molecule has 14 heavy (non-hydrogen) atoms. The fourth-order valence-electron chi connectivity index (χ4n) is 0.393. The summed E-state index contributed by atoms with van der Waals surface area (Å²) in [6.07, 6.45) is 0. The Balaban J connectivity index is -0.000000266. The van der Waals surface area contributed by atoms with E-state index in [0.717, 1.165) is 6.54 Å². The zero-order valence-electron chi connectivity index (χ0n) is 10.5. The number of hydrogen-bond donors (Lipinski definition) is 1. The first-order valence-electron chi connectivity index (χ1n) is 5.29. The van der Waals surface area contributed by atoms with Gasteiger partial charge in [-0.1, -0.05) is 34.3 Å². The molecule has 0 heterocycles. The van der Waals surface area contributed by atoms with Crippen molar-refractivity contribution in [3.63, 3.8) is 0 Å². The summed E-state index contributed by atoms with van der Waals surface area (Å²) in [6, 6.07) is 0. The molecule has 0 aromatic rings. The molecule has 0 unspecified atom stereocenters. The van der Waals surface area contributed by atoms with Gasteiger partial charge in [0.15, 0.2) is 0 Å². The number of carbonyl (C=O) groups is 1. The zero-order valence-corrected chi connectivity index (χ0v) is 10.5. The summed E-state index contributed by atoms with van der Waals surface area (Å²) in [7, 11) is 1.93. The smallest absolute Gasteiger partial charge is 0.333 e. The van der Waals surface area contributed by atoms with Gasteiger partial charge in [-0.15, -0.1) is 0 Å². The minimum Gasteiger partial charge on any atom is -0.456 e. The average molecular weight is 204 g/mol. The van der Waals surface area contributed by atoms with E-state index in [-0.39, 0.29) is 5.97 Å². The lowest BCUT2D eigenvalue weighted by Crippen LogP contribution is -2.80. The lowest BCUT2D eigenvalue weighted by Gasteiger charge is -2.00. The van der Waals surface area contributed by atoms with Gasteiger partial charge in [0.2, 0.25) is 0 Å². The molecule has 0 aliphatic carbocycles. The molecule has 2 N–H and O–H groups in total. The van der Waals surface area contributed by atoms with Crippen molar-refractivity contribution in [2.75, 3.05) is 20.2 Å². The first-order chi connectivity index (χ1) is 6.68. The van der Waals surface area contributed by atoms with E-state index in [0.29, 0.717) is 12.2 Å². The van der Waals surface area contributed by atoms with Crippen molar-refractivity contribution < 1.29 is 14.8 Å². The maximum absolute atomic E-state index is 10.7.